The van der Waals surface area contributed by atoms with Gasteiger partial charge in [-0.25, -0.2) is 0 Å². The van der Waals surface area contributed by atoms with E-state index in [2.05, 4.69) is 4.98 Å². The lowest BCUT2D eigenvalue weighted by Crippen LogP contribution is -2.18. The second-order valence-electron chi connectivity index (χ2n) is 4.18. The Labute approximate surface area is 94.3 Å². The average molecular weight is 224 g/mol. The minimum absolute atomic E-state index is 0.0165. The molecule has 0 saturated carbocycles. The molecule has 5 heteroatoms. The Morgan fingerprint density at radius 1 is 1.50 bits per heavy atom. The fourth-order valence-corrected chi connectivity index (χ4v) is 1.36. The van der Waals surface area contributed by atoms with Gasteiger partial charge in [-0.05, 0) is 18.9 Å². The number of aromatic nitrogens is 1. The molecular weight excluding hydrogens is 208 g/mol. The molecule has 5 nitrogen and oxygen atoms in total. The Balaban J connectivity index is 2.85. The summed E-state index contributed by atoms with van der Waals surface area (Å²) in [6.07, 6.45) is -0.0374. The fourth-order valence-electron chi connectivity index (χ4n) is 1.36. The standard InChI is InChI=1S/C11H16N2O3/c1-7(2)11(14)6-9-4-5-10(13(15)16)8(3)12-9/h4-5,7,11,14H,6H2,1-3H3. The third-order valence-electron chi connectivity index (χ3n) is 2.50. The quantitative estimate of drug-likeness (QED) is 0.625. The minimum Gasteiger partial charge on any atom is -0.392 e. The summed E-state index contributed by atoms with van der Waals surface area (Å²) in [7, 11) is 0. The van der Waals surface area contributed by atoms with Crippen LogP contribution < -0.4 is 0 Å². The number of hydrogen-bond acceptors (Lipinski definition) is 4. The fraction of sp³-hybridized carbons (Fsp3) is 0.545. The van der Waals surface area contributed by atoms with Crippen LogP contribution in [0, 0.1) is 23.0 Å². The molecule has 0 aliphatic carbocycles. The van der Waals surface area contributed by atoms with Gasteiger partial charge in [-0.2, -0.15) is 0 Å². The van der Waals surface area contributed by atoms with Crippen LogP contribution in [0.5, 0.6) is 0 Å². The van der Waals surface area contributed by atoms with Crippen molar-refractivity contribution in [2.45, 2.75) is 33.3 Å². The zero-order chi connectivity index (χ0) is 12.3. The van der Waals surface area contributed by atoms with Gasteiger partial charge in [-0.3, -0.25) is 15.1 Å². The van der Waals surface area contributed by atoms with Gasteiger partial charge in [-0.1, -0.05) is 13.8 Å². The maximum absolute atomic E-state index is 10.6. The molecule has 0 amide bonds. The Kier molecular flexibility index (Phi) is 3.95. The van der Waals surface area contributed by atoms with Crippen LogP contribution in [0.2, 0.25) is 0 Å². The molecule has 1 aromatic heterocycles. The number of aliphatic hydroxyl groups is 1. The van der Waals surface area contributed by atoms with Crippen molar-refractivity contribution in [3.05, 3.63) is 33.6 Å². The van der Waals surface area contributed by atoms with Gasteiger partial charge < -0.3 is 5.11 Å². The first-order valence-electron chi connectivity index (χ1n) is 5.20. The lowest BCUT2D eigenvalue weighted by atomic mass is 10.0. The predicted octanol–water partition coefficient (Wildman–Crippen LogP) is 1.86. The van der Waals surface area contributed by atoms with Crippen molar-refractivity contribution >= 4 is 5.69 Å². The maximum Gasteiger partial charge on any atom is 0.290 e. The molecule has 1 atom stereocenters. The molecular formula is C11H16N2O3. The van der Waals surface area contributed by atoms with E-state index in [-0.39, 0.29) is 11.6 Å². The Morgan fingerprint density at radius 3 is 2.56 bits per heavy atom. The van der Waals surface area contributed by atoms with Crippen molar-refractivity contribution in [3.8, 4) is 0 Å². The largest absolute Gasteiger partial charge is 0.392 e. The molecule has 1 N–H and O–H groups in total. The maximum atomic E-state index is 10.6. The molecule has 0 spiro atoms. The highest BCUT2D eigenvalue weighted by molar-refractivity contribution is 5.35. The lowest BCUT2D eigenvalue weighted by molar-refractivity contribution is -0.385. The van der Waals surface area contributed by atoms with Gasteiger partial charge in [-0.15, -0.1) is 0 Å². The molecule has 0 bridgehead atoms. The summed E-state index contributed by atoms with van der Waals surface area (Å²) in [6, 6.07) is 3.03. The van der Waals surface area contributed by atoms with E-state index in [9.17, 15) is 15.2 Å². The van der Waals surface area contributed by atoms with Gasteiger partial charge in [0.15, 0.2) is 0 Å². The number of aryl methyl sites for hydroxylation is 1. The number of aliphatic hydroxyl groups excluding tert-OH is 1. The molecule has 0 aromatic carbocycles. The van der Waals surface area contributed by atoms with Crippen molar-refractivity contribution in [1.82, 2.24) is 4.98 Å². The highest BCUT2D eigenvalue weighted by Gasteiger charge is 2.15. The molecule has 1 unspecified atom stereocenters. The van der Waals surface area contributed by atoms with E-state index < -0.39 is 11.0 Å². The second-order valence-corrected chi connectivity index (χ2v) is 4.18. The highest BCUT2D eigenvalue weighted by Crippen LogP contribution is 2.17. The normalized spacial score (nSPS) is 12.8. The van der Waals surface area contributed by atoms with Crippen molar-refractivity contribution in [2.24, 2.45) is 5.92 Å². The third kappa shape index (κ3) is 3.00. The van der Waals surface area contributed by atoms with E-state index >= 15 is 0 Å². The number of rotatable bonds is 4. The molecule has 1 heterocycles. The zero-order valence-corrected chi connectivity index (χ0v) is 9.67. The second kappa shape index (κ2) is 5.03. The summed E-state index contributed by atoms with van der Waals surface area (Å²) in [5.41, 5.74) is 1.09. The Bertz CT molecular complexity index is 391. The molecule has 0 saturated heterocycles. The van der Waals surface area contributed by atoms with Crippen LogP contribution in [0.1, 0.15) is 25.2 Å². The summed E-state index contributed by atoms with van der Waals surface area (Å²) in [5.74, 6) is 0.150. The molecule has 1 aromatic rings. The van der Waals surface area contributed by atoms with Crippen LogP contribution in [0.3, 0.4) is 0 Å². The summed E-state index contributed by atoms with van der Waals surface area (Å²) >= 11 is 0. The first-order valence-corrected chi connectivity index (χ1v) is 5.20. The van der Waals surface area contributed by atoms with Crippen molar-refractivity contribution in [2.75, 3.05) is 0 Å². The van der Waals surface area contributed by atoms with Gasteiger partial charge in [0.1, 0.15) is 5.69 Å². The summed E-state index contributed by atoms with van der Waals surface area (Å²) < 4.78 is 0. The SMILES string of the molecule is Cc1nc(CC(O)C(C)C)ccc1[N+](=O)[O-]. The van der Waals surface area contributed by atoms with Crippen molar-refractivity contribution < 1.29 is 10.0 Å². The summed E-state index contributed by atoms with van der Waals surface area (Å²) in [6.45, 7) is 5.44. The van der Waals surface area contributed by atoms with E-state index in [1.807, 2.05) is 13.8 Å². The molecule has 88 valence electrons. The molecule has 16 heavy (non-hydrogen) atoms. The molecule has 1 rings (SSSR count). The van der Waals surface area contributed by atoms with Crippen LogP contribution in [0.25, 0.3) is 0 Å². The van der Waals surface area contributed by atoms with E-state index in [1.54, 1.807) is 13.0 Å². The van der Waals surface area contributed by atoms with Gasteiger partial charge in [0.25, 0.3) is 5.69 Å². The van der Waals surface area contributed by atoms with Crippen LogP contribution >= 0.6 is 0 Å². The van der Waals surface area contributed by atoms with Crippen molar-refractivity contribution in [1.29, 1.82) is 0 Å². The van der Waals surface area contributed by atoms with E-state index in [4.69, 9.17) is 0 Å². The highest BCUT2D eigenvalue weighted by atomic mass is 16.6. The third-order valence-corrected chi connectivity index (χ3v) is 2.50. The van der Waals surface area contributed by atoms with Crippen LogP contribution in [0.4, 0.5) is 5.69 Å². The van der Waals surface area contributed by atoms with Crippen LogP contribution in [0.15, 0.2) is 12.1 Å². The molecule has 0 radical (unpaired) electrons. The number of hydrogen-bond donors (Lipinski definition) is 1. The molecule has 0 aliphatic heterocycles. The van der Waals surface area contributed by atoms with Crippen LogP contribution in [-0.4, -0.2) is 21.1 Å². The van der Waals surface area contributed by atoms with E-state index in [0.29, 0.717) is 17.8 Å². The summed E-state index contributed by atoms with van der Waals surface area (Å²) in [4.78, 5) is 14.2. The van der Waals surface area contributed by atoms with Gasteiger partial charge >= 0.3 is 0 Å². The monoisotopic (exact) mass is 224 g/mol. The number of pyridine rings is 1. The molecule has 0 fully saturated rings. The van der Waals surface area contributed by atoms with E-state index in [1.165, 1.54) is 6.07 Å². The first-order chi connectivity index (χ1) is 7.41. The minimum atomic E-state index is -0.464. The zero-order valence-electron chi connectivity index (χ0n) is 9.67. The Morgan fingerprint density at radius 2 is 2.12 bits per heavy atom. The Hall–Kier alpha value is -1.49. The predicted molar refractivity (Wildman–Crippen MR) is 60.2 cm³/mol. The number of nitrogens with zero attached hydrogens (tertiary/aromatic N) is 2. The van der Waals surface area contributed by atoms with E-state index in [0.717, 1.165) is 0 Å². The van der Waals surface area contributed by atoms with Gasteiger partial charge in [0.05, 0.1) is 11.0 Å². The topological polar surface area (TPSA) is 76.3 Å². The smallest absolute Gasteiger partial charge is 0.290 e. The first kappa shape index (κ1) is 12.6. The van der Waals surface area contributed by atoms with Gasteiger partial charge in [0.2, 0.25) is 0 Å². The summed E-state index contributed by atoms with van der Waals surface area (Å²) in [5, 5.41) is 20.3. The van der Waals surface area contributed by atoms with Gasteiger partial charge in [0, 0.05) is 18.2 Å². The van der Waals surface area contributed by atoms with Crippen LogP contribution in [-0.2, 0) is 6.42 Å². The molecule has 0 aliphatic rings. The lowest BCUT2D eigenvalue weighted by Gasteiger charge is -2.13. The number of nitro groups is 1. The average Bonchev–Trinajstić information content (AvgIpc) is 2.16. The van der Waals surface area contributed by atoms with Crippen molar-refractivity contribution in [3.63, 3.8) is 0 Å².